The van der Waals surface area contributed by atoms with Gasteiger partial charge in [0.2, 0.25) is 0 Å². The van der Waals surface area contributed by atoms with Crippen molar-refractivity contribution in [2.24, 2.45) is 5.73 Å². The summed E-state index contributed by atoms with van der Waals surface area (Å²) in [6, 6.07) is 27.0. The van der Waals surface area contributed by atoms with Gasteiger partial charge in [0, 0.05) is 23.1 Å². The van der Waals surface area contributed by atoms with E-state index in [0.29, 0.717) is 6.54 Å². The maximum atomic E-state index is 9.99. The maximum absolute atomic E-state index is 9.99. The lowest BCUT2D eigenvalue weighted by Crippen LogP contribution is -1.94. The van der Waals surface area contributed by atoms with Gasteiger partial charge in [0.05, 0.1) is 0 Å². The van der Waals surface area contributed by atoms with E-state index in [1.807, 2.05) is 30.3 Å². The van der Waals surface area contributed by atoms with E-state index in [4.69, 9.17) is 5.73 Å². The number of carbonyl (C=O) groups excluding carboxylic acids is 1. The highest BCUT2D eigenvalue weighted by Gasteiger charge is 2.03. The molecule has 29 heavy (non-hydrogen) atoms. The molecule has 0 unspecified atom stereocenters. The quantitative estimate of drug-likeness (QED) is 0.341. The maximum Gasteiger partial charge on any atom is 0.142 e. The second-order valence-electron chi connectivity index (χ2n) is 6.77. The van der Waals surface area contributed by atoms with Gasteiger partial charge in [0.25, 0.3) is 0 Å². The Hall–Kier alpha value is -3.43. The minimum Gasteiger partial charge on any atom is -0.355 e. The lowest BCUT2D eigenvalue weighted by Gasteiger charge is -1.96. The standard InChI is InChI=1S/C16H15N.C10H11NO/c1-2-12-8-9-14-11-16(17-15(14)10-12)13-6-4-3-5-7-13;11-8-10-5-3-9(4-6-10)2-1-7-12/h3-11,17H,2H2,1H3;1-7H,8,11H2/b;2-1+. The number of nitrogens with one attached hydrogen (secondary N) is 1. The minimum atomic E-state index is 0.553. The van der Waals surface area contributed by atoms with Crippen molar-refractivity contribution in [1.82, 2.24) is 4.98 Å². The molecule has 3 nitrogen and oxygen atoms in total. The third kappa shape index (κ3) is 5.53. The number of nitrogens with two attached hydrogens (primary N) is 1. The molecule has 4 aromatic rings. The van der Waals surface area contributed by atoms with Crippen LogP contribution in [0.3, 0.4) is 0 Å². The third-order valence-corrected chi connectivity index (χ3v) is 4.76. The van der Waals surface area contributed by atoms with Gasteiger partial charge in [0.15, 0.2) is 0 Å². The van der Waals surface area contributed by atoms with Crippen molar-refractivity contribution in [3.8, 4) is 11.3 Å². The average Bonchev–Trinajstić information content (AvgIpc) is 3.22. The molecule has 1 heterocycles. The predicted molar refractivity (Wildman–Crippen MR) is 123 cm³/mol. The fourth-order valence-corrected chi connectivity index (χ4v) is 3.08. The summed E-state index contributed by atoms with van der Waals surface area (Å²) in [4.78, 5) is 13.5. The Morgan fingerprint density at radius 2 is 1.62 bits per heavy atom. The van der Waals surface area contributed by atoms with E-state index in [1.54, 1.807) is 6.08 Å². The van der Waals surface area contributed by atoms with E-state index >= 15 is 0 Å². The molecule has 0 saturated carbocycles. The number of hydrogen-bond acceptors (Lipinski definition) is 2. The summed E-state index contributed by atoms with van der Waals surface area (Å²) in [7, 11) is 0. The number of fused-ring (bicyclic) bond motifs is 1. The van der Waals surface area contributed by atoms with Crippen LogP contribution in [0.15, 0.2) is 84.9 Å². The van der Waals surface area contributed by atoms with Gasteiger partial charge in [-0.05, 0) is 46.9 Å². The number of aromatic nitrogens is 1. The highest BCUT2D eigenvalue weighted by Crippen LogP contribution is 2.24. The van der Waals surface area contributed by atoms with Crippen LogP contribution >= 0.6 is 0 Å². The lowest BCUT2D eigenvalue weighted by atomic mass is 10.1. The van der Waals surface area contributed by atoms with Crippen molar-refractivity contribution >= 4 is 23.3 Å². The molecule has 0 aliphatic carbocycles. The monoisotopic (exact) mass is 382 g/mol. The van der Waals surface area contributed by atoms with Crippen molar-refractivity contribution in [1.29, 1.82) is 0 Å². The molecule has 146 valence electrons. The highest BCUT2D eigenvalue weighted by molar-refractivity contribution is 5.86. The molecule has 4 rings (SSSR count). The van der Waals surface area contributed by atoms with Gasteiger partial charge in [-0.3, -0.25) is 4.79 Å². The number of benzene rings is 3. The van der Waals surface area contributed by atoms with Crippen LogP contribution in [0, 0.1) is 0 Å². The molecule has 0 bridgehead atoms. The summed E-state index contributed by atoms with van der Waals surface area (Å²) in [5, 5.41) is 1.28. The Labute approximate surface area is 171 Å². The van der Waals surface area contributed by atoms with Crippen molar-refractivity contribution < 1.29 is 4.79 Å². The zero-order chi connectivity index (χ0) is 20.5. The van der Waals surface area contributed by atoms with Gasteiger partial charge in [-0.25, -0.2) is 0 Å². The summed E-state index contributed by atoms with van der Waals surface area (Å²) >= 11 is 0. The highest BCUT2D eigenvalue weighted by atomic mass is 16.1. The van der Waals surface area contributed by atoms with E-state index in [1.165, 1.54) is 33.8 Å². The van der Waals surface area contributed by atoms with Crippen LogP contribution in [-0.2, 0) is 17.8 Å². The smallest absolute Gasteiger partial charge is 0.142 e. The second-order valence-corrected chi connectivity index (χ2v) is 6.77. The first-order chi connectivity index (χ1) is 14.2. The Kier molecular flexibility index (Phi) is 7.15. The minimum absolute atomic E-state index is 0.553. The van der Waals surface area contributed by atoms with Gasteiger partial charge in [-0.15, -0.1) is 0 Å². The molecule has 3 aromatic carbocycles. The third-order valence-electron chi connectivity index (χ3n) is 4.76. The normalized spacial score (nSPS) is 10.7. The van der Waals surface area contributed by atoms with Gasteiger partial charge in [0.1, 0.15) is 6.29 Å². The fraction of sp³-hybridized carbons (Fsp3) is 0.115. The van der Waals surface area contributed by atoms with E-state index in [0.717, 1.165) is 23.8 Å². The number of carbonyl (C=O) groups is 1. The molecule has 0 aliphatic rings. The molecule has 1 aromatic heterocycles. The van der Waals surface area contributed by atoms with Crippen LogP contribution in [0.25, 0.3) is 28.2 Å². The number of H-pyrrole nitrogens is 1. The molecular formula is C26H26N2O. The first kappa shape index (κ1) is 20.3. The average molecular weight is 383 g/mol. The Morgan fingerprint density at radius 3 is 2.28 bits per heavy atom. The molecule has 0 spiro atoms. The topological polar surface area (TPSA) is 58.9 Å². The van der Waals surface area contributed by atoms with Crippen molar-refractivity contribution in [3.63, 3.8) is 0 Å². The van der Waals surface area contributed by atoms with E-state index in [9.17, 15) is 4.79 Å². The van der Waals surface area contributed by atoms with Crippen LogP contribution in [-0.4, -0.2) is 11.3 Å². The van der Waals surface area contributed by atoms with Gasteiger partial charge in [-0.2, -0.15) is 0 Å². The molecule has 0 radical (unpaired) electrons. The number of hydrogen-bond donors (Lipinski definition) is 2. The Balaban J connectivity index is 0.000000177. The van der Waals surface area contributed by atoms with Crippen molar-refractivity contribution in [2.75, 3.05) is 0 Å². The van der Waals surface area contributed by atoms with Crippen LogP contribution < -0.4 is 5.73 Å². The lowest BCUT2D eigenvalue weighted by molar-refractivity contribution is -0.104. The van der Waals surface area contributed by atoms with Crippen LogP contribution in [0.2, 0.25) is 0 Å². The van der Waals surface area contributed by atoms with Crippen molar-refractivity contribution in [3.05, 3.63) is 102 Å². The molecule has 0 amide bonds. The molecule has 0 aliphatic heterocycles. The number of aryl methyl sites for hydroxylation is 1. The van der Waals surface area contributed by atoms with E-state index in [-0.39, 0.29) is 0 Å². The van der Waals surface area contributed by atoms with Crippen LogP contribution in [0.5, 0.6) is 0 Å². The van der Waals surface area contributed by atoms with Crippen LogP contribution in [0.4, 0.5) is 0 Å². The first-order valence-corrected chi connectivity index (χ1v) is 9.81. The van der Waals surface area contributed by atoms with Gasteiger partial charge >= 0.3 is 0 Å². The van der Waals surface area contributed by atoms with E-state index in [2.05, 4.69) is 60.4 Å². The molecule has 0 fully saturated rings. The van der Waals surface area contributed by atoms with Crippen LogP contribution in [0.1, 0.15) is 23.6 Å². The molecule has 3 heteroatoms. The number of rotatable bonds is 5. The first-order valence-electron chi connectivity index (χ1n) is 9.81. The zero-order valence-corrected chi connectivity index (χ0v) is 16.6. The predicted octanol–water partition coefficient (Wildman–Crippen LogP) is 5.75. The SMILES string of the molecule is CCc1ccc2cc(-c3ccccc3)[nH]c2c1.NCc1ccc(/C=C/C=O)cc1. The molecule has 0 atom stereocenters. The molecular weight excluding hydrogens is 356 g/mol. The second kappa shape index (κ2) is 10.2. The number of aldehydes is 1. The van der Waals surface area contributed by atoms with Gasteiger partial charge < -0.3 is 10.7 Å². The van der Waals surface area contributed by atoms with Crippen molar-refractivity contribution in [2.45, 2.75) is 19.9 Å². The molecule has 3 N–H and O–H groups in total. The number of aromatic amines is 1. The fourth-order valence-electron chi connectivity index (χ4n) is 3.08. The number of allylic oxidation sites excluding steroid dienone is 1. The molecule has 0 saturated heterocycles. The Morgan fingerprint density at radius 1 is 0.897 bits per heavy atom. The largest absolute Gasteiger partial charge is 0.355 e. The summed E-state index contributed by atoms with van der Waals surface area (Å²) in [5.41, 5.74) is 12.6. The summed E-state index contributed by atoms with van der Waals surface area (Å²) < 4.78 is 0. The summed E-state index contributed by atoms with van der Waals surface area (Å²) in [6.07, 6.45) is 5.07. The summed E-state index contributed by atoms with van der Waals surface area (Å²) in [5.74, 6) is 0. The zero-order valence-electron chi connectivity index (χ0n) is 16.6. The van der Waals surface area contributed by atoms with Gasteiger partial charge in [-0.1, -0.05) is 79.7 Å². The Bertz CT molecular complexity index is 1080. The van der Waals surface area contributed by atoms with E-state index < -0.39 is 0 Å². The summed E-state index contributed by atoms with van der Waals surface area (Å²) in [6.45, 7) is 2.74.